The molecule has 0 aliphatic rings. The number of aryl methyl sites for hydroxylation is 1. The maximum absolute atomic E-state index is 9.49. The van der Waals surface area contributed by atoms with Gasteiger partial charge in [-0.2, -0.15) is 5.26 Å². The van der Waals surface area contributed by atoms with Crippen LogP contribution in [0.3, 0.4) is 0 Å². The van der Waals surface area contributed by atoms with E-state index >= 15 is 0 Å². The zero-order chi connectivity index (χ0) is 15.7. The van der Waals surface area contributed by atoms with Crippen LogP contribution in [0.15, 0.2) is 47.1 Å². The molecule has 0 radical (unpaired) electrons. The molecule has 0 spiro atoms. The second-order valence-corrected chi connectivity index (χ2v) is 5.81. The molecule has 4 nitrogen and oxygen atoms in total. The van der Waals surface area contributed by atoms with Gasteiger partial charge >= 0.3 is 0 Å². The average molecular weight is 354 g/mol. The van der Waals surface area contributed by atoms with Gasteiger partial charge in [0.1, 0.15) is 11.6 Å². The van der Waals surface area contributed by atoms with Crippen LogP contribution < -0.4 is 5.32 Å². The Bertz CT molecular complexity index is 916. The quantitative estimate of drug-likeness (QED) is 0.659. The number of fused-ring (bicyclic) bond motifs is 1. The molecule has 22 heavy (non-hydrogen) atoms. The molecule has 0 saturated carbocycles. The highest BCUT2D eigenvalue weighted by molar-refractivity contribution is 9.10. The molecule has 0 aliphatic heterocycles. The van der Waals surface area contributed by atoms with Crippen molar-refractivity contribution in [1.29, 1.82) is 5.26 Å². The largest absolute Gasteiger partial charge is 0.508 e. The van der Waals surface area contributed by atoms with Gasteiger partial charge in [0.25, 0.3) is 0 Å². The molecule has 0 fully saturated rings. The van der Waals surface area contributed by atoms with Crippen molar-refractivity contribution in [1.82, 2.24) is 4.98 Å². The number of phenols is 1. The van der Waals surface area contributed by atoms with Crippen LogP contribution in [0, 0.1) is 18.3 Å². The second-order valence-electron chi connectivity index (χ2n) is 4.95. The van der Waals surface area contributed by atoms with E-state index in [4.69, 9.17) is 5.26 Å². The zero-order valence-electron chi connectivity index (χ0n) is 11.8. The Labute approximate surface area is 136 Å². The van der Waals surface area contributed by atoms with Crippen molar-refractivity contribution < 1.29 is 5.11 Å². The fourth-order valence-corrected chi connectivity index (χ4v) is 2.72. The Morgan fingerprint density at radius 2 is 2.00 bits per heavy atom. The van der Waals surface area contributed by atoms with E-state index in [1.54, 1.807) is 24.4 Å². The van der Waals surface area contributed by atoms with Crippen LogP contribution in [-0.2, 0) is 0 Å². The topological polar surface area (TPSA) is 68.9 Å². The number of anilines is 2. The Kier molecular flexibility index (Phi) is 3.70. The summed E-state index contributed by atoms with van der Waals surface area (Å²) in [7, 11) is 0. The third kappa shape index (κ3) is 2.61. The van der Waals surface area contributed by atoms with Crippen LogP contribution in [0.2, 0.25) is 0 Å². The first-order chi connectivity index (χ1) is 10.6. The molecule has 108 valence electrons. The van der Waals surface area contributed by atoms with E-state index in [1.165, 1.54) is 0 Å². The number of nitriles is 1. The molecule has 1 heterocycles. The number of aromatic nitrogens is 1. The van der Waals surface area contributed by atoms with E-state index in [-0.39, 0.29) is 5.75 Å². The molecular weight excluding hydrogens is 342 g/mol. The first kappa shape index (κ1) is 14.4. The first-order valence-corrected chi connectivity index (χ1v) is 7.43. The Morgan fingerprint density at radius 1 is 1.18 bits per heavy atom. The Morgan fingerprint density at radius 3 is 2.73 bits per heavy atom. The third-order valence-corrected chi connectivity index (χ3v) is 4.06. The minimum Gasteiger partial charge on any atom is -0.508 e. The van der Waals surface area contributed by atoms with Crippen molar-refractivity contribution in [2.75, 3.05) is 5.32 Å². The van der Waals surface area contributed by atoms with Gasteiger partial charge in [0.2, 0.25) is 0 Å². The fraction of sp³-hybridized carbons (Fsp3) is 0.0588. The lowest BCUT2D eigenvalue weighted by atomic mass is 10.1. The van der Waals surface area contributed by atoms with E-state index in [1.807, 2.05) is 25.1 Å². The summed E-state index contributed by atoms with van der Waals surface area (Å²) in [5.74, 6) is 0.937. The monoisotopic (exact) mass is 353 g/mol. The van der Waals surface area contributed by atoms with Gasteiger partial charge in [-0.15, -0.1) is 0 Å². The van der Waals surface area contributed by atoms with E-state index in [2.05, 4.69) is 32.3 Å². The summed E-state index contributed by atoms with van der Waals surface area (Å²) >= 11 is 3.47. The molecule has 0 saturated heterocycles. The number of halogens is 1. The SMILES string of the molecule is Cc1cc(O)ccc1Nc1ncc(Br)c2cc(C#N)ccc12. The van der Waals surface area contributed by atoms with Gasteiger partial charge in [-0.05, 0) is 64.8 Å². The van der Waals surface area contributed by atoms with Gasteiger partial charge in [-0.25, -0.2) is 4.98 Å². The fourth-order valence-electron chi connectivity index (χ4n) is 2.29. The highest BCUT2D eigenvalue weighted by Crippen LogP contribution is 2.32. The summed E-state index contributed by atoms with van der Waals surface area (Å²) in [6.07, 6.45) is 1.71. The van der Waals surface area contributed by atoms with Crippen molar-refractivity contribution in [3.63, 3.8) is 0 Å². The van der Waals surface area contributed by atoms with Gasteiger partial charge in [-0.1, -0.05) is 0 Å². The number of pyridine rings is 1. The molecule has 0 unspecified atom stereocenters. The maximum Gasteiger partial charge on any atom is 0.138 e. The van der Waals surface area contributed by atoms with Gasteiger partial charge < -0.3 is 10.4 Å². The summed E-state index contributed by atoms with van der Waals surface area (Å²) in [4.78, 5) is 4.42. The molecule has 2 aromatic carbocycles. The number of hydrogen-bond acceptors (Lipinski definition) is 4. The number of benzene rings is 2. The van der Waals surface area contributed by atoms with Gasteiger partial charge in [0.15, 0.2) is 0 Å². The molecule has 1 aromatic heterocycles. The van der Waals surface area contributed by atoms with Crippen LogP contribution in [-0.4, -0.2) is 10.1 Å². The second kappa shape index (κ2) is 5.66. The Hall–Kier alpha value is -2.58. The van der Waals surface area contributed by atoms with Crippen LogP contribution in [0.25, 0.3) is 10.8 Å². The van der Waals surface area contributed by atoms with Crippen molar-refractivity contribution in [3.8, 4) is 11.8 Å². The van der Waals surface area contributed by atoms with Crippen LogP contribution in [0.4, 0.5) is 11.5 Å². The summed E-state index contributed by atoms with van der Waals surface area (Å²) in [5.41, 5.74) is 2.40. The molecule has 0 bridgehead atoms. The highest BCUT2D eigenvalue weighted by atomic mass is 79.9. The van der Waals surface area contributed by atoms with E-state index in [9.17, 15) is 5.11 Å². The number of rotatable bonds is 2. The molecule has 3 aromatic rings. The maximum atomic E-state index is 9.49. The van der Waals surface area contributed by atoms with Gasteiger partial charge in [0.05, 0.1) is 11.6 Å². The lowest BCUT2D eigenvalue weighted by Crippen LogP contribution is -1.97. The average Bonchev–Trinajstić information content (AvgIpc) is 2.52. The number of nitrogens with zero attached hydrogens (tertiary/aromatic N) is 2. The zero-order valence-corrected chi connectivity index (χ0v) is 13.3. The lowest BCUT2D eigenvalue weighted by molar-refractivity contribution is 0.475. The number of aromatic hydroxyl groups is 1. The first-order valence-electron chi connectivity index (χ1n) is 6.63. The summed E-state index contributed by atoms with van der Waals surface area (Å²) in [6.45, 7) is 1.91. The minimum atomic E-state index is 0.232. The highest BCUT2D eigenvalue weighted by Gasteiger charge is 2.09. The van der Waals surface area contributed by atoms with Crippen LogP contribution >= 0.6 is 15.9 Å². The van der Waals surface area contributed by atoms with Crippen LogP contribution in [0.1, 0.15) is 11.1 Å². The molecule has 3 rings (SSSR count). The van der Waals surface area contributed by atoms with E-state index in [0.29, 0.717) is 11.4 Å². The summed E-state index contributed by atoms with van der Waals surface area (Å²) in [5, 5.41) is 23.6. The molecule has 0 aliphatic carbocycles. The minimum absolute atomic E-state index is 0.232. The predicted octanol–water partition coefficient (Wildman–Crippen LogP) is 4.63. The molecule has 0 amide bonds. The number of phenolic OH excluding ortho intramolecular Hbond substituents is 1. The smallest absolute Gasteiger partial charge is 0.138 e. The lowest BCUT2D eigenvalue weighted by Gasteiger charge is -2.12. The van der Waals surface area contributed by atoms with Crippen LogP contribution in [0.5, 0.6) is 5.75 Å². The summed E-state index contributed by atoms with van der Waals surface area (Å²) in [6, 6.07) is 12.7. The predicted molar refractivity (Wildman–Crippen MR) is 90.3 cm³/mol. The van der Waals surface area contributed by atoms with Crippen molar-refractivity contribution >= 4 is 38.2 Å². The molecule has 0 atom stereocenters. The third-order valence-electron chi connectivity index (χ3n) is 3.43. The van der Waals surface area contributed by atoms with E-state index < -0.39 is 0 Å². The van der Waals surface area contributed by atoms with E-state index in [0.717, 1.165) is 26.5 Å². The summed E-state index contributed by atoms with van der Waals surface area (Å²) < 4.78 is 0.840. The molecule has 5 heteroatoms. The number of hydrogen-bond donors (Lipinski definition) is 2. The van der Waals surface area contributed by atoms with Crippen molar-refractivity contribution in [2.45, 2.75) is 6.92 Å². The standard InChI is InChI=1S/C17H12BrN3O/c1-10-6-12(22)3-5-16(10)21-17-13-4-2-11(8-19)7-14(13)15(18)9-20-17/h2-7,9,22H,1H3,(H,20,21). The Balaban J connectivity index is 2.12. The molecular formula is C17H12BrN3O. The van der Waals surface area contributed by atoms with Gasteiger partial charge in [-0.3, -0.25) is 0 Å². The normalized spacial score (nSPS) is 10.4. The van der Waals surface area contributed by atoms with Crippen molar-refractivity contribution in [2.24, 2.45) is 0 Å². The van der Waals surface area contributed by atoms with Crippen molar-refractivity contribution in [3.05, 3.63) is 58.2 Å². The molecule has 2 N–H and O–H groups in total. The number of nitrogens with one attached hydrogen (secondary N) is 1. The van der Waals surface area contributed by atoms with Gasteiger partial charge in [0, 0.05) is 27.1 Å².